The number of Topliss-reactive ketones (excluding diaryl/α,β-unsaturated/α-hetero) is 1. The van der Waals surface area contributed by atoms with E-state index in [0.29, 0.717) is 6.42 Å². The zero-order valence-electron chi connectivity index (χ0n) is 9.22. The predicted octanol–water partition coefficient (Wildman–Crippen LogP) is 4.39. The van der Waals surface area contributed by atoms with Gasteiger partial charge in [-0.1, -0.05) is 12.1 Å². The number of hydrogen-bond acceptors (Lipinski definition) is 4. The first-order chi connectivity index (χ1) is 8.72. The van der Waals surface area contributed by atoms with Gasteiger partial charge in [-0.2, -0.15) is 0 Å². The first kappa shape index (κ1) is 12.3. The van der Waals surface area contributed by atoms with Crippen molar-refractivity contribution < 1.29 is 4.79 Å². The molecule has 3 aromatic rings. The van der Waals surface area contributed by atoms with Crippen LogP contribution in [0.25, 0.3) is 10.2 Å². The number of thiazole rings is 1. The Morgan fingerprint density at radius 2 is 2.17 bits per heavy atom. The summed E-state index contributed by atoms with van der Waals surface area (Å²) in [7, 11) is 0. The maximum atomic E-state index is 12.1. The summed E-state index contributed by atoms with van der Waals surface area (Å²) >= 11 is 5.42. The molecule has 1 aromatic carbocycles. The molecule has 2 nitrogen and oxygen atoms in total. The van der Waals surface area contributed by atoms with E-state index in [1.165, 1.54) is 0 Å². The molecule has 2 aromatic heterocycles. The van der Waals surface area contributed by atoms with Crippen molar-refractivity contribution >= 4 is 61.3 Å². The van der Waals surface area contributed by atoms with Gasteiger partial charge in [0.1, 0.15) is 5.01 Å². The summed E-state index contributed by atoms with van der Waals surface area (Å²) < 4.78 is 2.28. The Bertz CT molecular complexity index is 683. The Morgan fingerprint density at radius 3 is 2.89 bits per heavy atom. The largest absolute Gasteiger partial charge is 0.294 e. The molecule has 90 valence electrons. The fourth-order valence-corrected chi connectivity index (χ4v) is 4.01. The fraction of sp³-hybridized carbons (Fsp3) is 0.0769. The van der Waals surface area contributed by atoms with Crippen LogP contribution < -0.4 is 0 Å². The normalized spacial score (nSPS) is 10.9. The highest BCUT2D eigenvalue weighted by Crippen LogP contribution is 2.24. The third-order valence-corrected chi connectivity index (χ3v) is 5.36. The summed E-state index contributed by atoms with van der Waals surface area (Å²) in [5.41, 5.74) is 1.77. The van der Waals surface area contributed by atoms with Crippen molar-refractivity contribution in [2.45, 2.75) is 6.42 Å². The van der Waals surface area contributed by atoms with Gasteiger partial charge < -0.3 is 0 Å². The quantitative estimate of drug-likeness (QED) is 0.495. The van der Waals surface area contributed by atoms with E-state index in [2.05, 4.69) is 27.6 Å². The molecule has 3 rings (SSSR count). The Kier molecular flexibility index (Phi) is 3.45. The average molecular weight is 385 g/mol. The van der Waals surface area contributed by atoms with Gasteiger partial charge in [0, 0.05) is 10.9 Å². The molecule has 0 amide bonds. The van der Waals surface area contributed by atoms with Crippen LogP contribution >= 0.6 is 45.3 Å². The molecule has 0 bridgehead atoms. The van der Waals surface area contributed by atoms with Crippen LogP contribution in [0, 0.1) is 2.88 Å². The number of para-hydroxylation sites is 1. The molecule has 0 unspecified atom stereocenters. The number of rotatable bonds is 3. The third-order valence-electron chi connectivity index (χ3n) is 2.54. The lowest BCUT2D eigenvalue weighted by Gasteiger charge is -1.93. The molecule has 0 fully saturated rings. The smallest absolute Gasteiger partial charge is 0.170 e. The molecule has 0 radical (unpaired) electrons. The zero-order valence-corrected chi connectivity index (χ0v) is 13.0. The van der Waals surface area contributed by atoms with Gasteiger partial charge >= 0.3 is 0 Å². The number of fused-ring (bicyclic) bond motifs is 1. The van der Waals surface area contributed by atoms with E-state index in [1.807, 2.05) is 35.7 Å². The van der Waals surface area contributed by atoms with Gasteiger partial charge in [-0.05, 0) is 40.8 Å². The second-order valence-corrected chi connectivity index (χ2v) is 7.74. The van der Waals surface area contributed by atoms with Crippen molar-refractivity contribution in [3.8, 4) is 0 Å². The highest BCUT2D eigenvalue weighted by Gasteiger charge is 2.12. The number of nitrogens with zero attached hydrogens (tertiary/aromatic N) is 1. The van der Waals surface area contributed by atoms with Crippen molar-refractivity contribution in [3.05, 3.63) is 49.2 Å². The molecule has 0 spiro atoms. The zero-order chi connectivity index (χ0) is 12.5. The van der Waals surface area contributed by atoms with E-state index >= 15 is 0 Å². The molecule has 5 heteroatoms. The van der Waals surface area contributed by atoms with E-state index in [9.17, 15) is 4.79 Å². The first-order valence-corrected chi connectivity index (χ1v) is 8.11. The van der Waals surface area contributed by atoms with E-state index in [0.717, 1.165) is 23.7 Å². The topological polar surface area (TPSA) is 30.0 Å². The van der Waals surface area contributed by atoms with Gasteiger partial charge in [0.2, 0.25) is 0 Å². The maximum absolute atomic E-state index is 12.1. The Balaban J connectivity index is 1.86. The number of aromatic nitrogens is 1. The molecule has 0 N–H and O–H groups in total. The van der Waals surface area contributed by atoms with Crippen LogP contribution in [0.4, 0.5) is 0 Å². The van der Waals surface area contributed by atoms with Crippen molar-refractivity contribution in [1.29, 1.82) is 0 Å². The van der Waals surface area contributed by atoms with E-state index < -0.39 is 0 Å². The van der Waals surface area contributed by atoms with Gasteiger partial charge in [0.15, 0.2) is 5.78 Å². The van der Waals surface area contributed by atoms with E-state index in [4.69, 9.17) is 0 Å². The van der Waals surface area contributed by atoms with Crippen LogP contribution in [-0.4, -0.2) is 10.8 Å². The van der Waals surface area contributed by atoms with Crippen LogP contribution in [0.5, 0.6) is 0 Å². The minimum absolute atomic E-state index is 0.147. The van der Waals surface area contributed by atoms with Gasteiger partial charge in [0.05, 0.1) is 19.5 Å². The number of benzene rings is 1. The van der Waals surface area contributed by atoms with E-state index in [-0.39, 0.29) is 5.78 Å². The van der Waals surface area contributed by atoms with Gasteiger partial charge in [0.25, 0.3) is 0 Å². The maximum Gasteiger partial charge on any atom is 0.170 e. The second kappa shape index (κ2) is 5.07. The molecule has 0 aliphatic heterocycles. The number of halogens is 1. The first-order valence-electron chi connectivity index (χ1n) is 5.34. The Hall–Kier alpha value is -0.790. The molecule has 0 atom stereocenters. The number of carbonyl (C=O) groups is 1. The number of thiophene rings is 1. The lowest BCUT2D eigenvalue weighted by molar-refractivity contribution is 0.0993. The van der Waals surface area contributed by atoms with Crippen molar-refractivity contribution in [2.24, 2.45) is 0 Å². The number of hydrogen-bond donors (Lipinski definition) is 0. The molecule has 0 saturated heterocycles. The summed E-state index contributed by atoms with van der Waals surface area (Å²) in [6, 6.07) is 9.91. The predicted molar refractivity (Wildman–Crippen MR) is 84.7 cm³/mol. The van der Waals surface area contributed by atoms with Gasteiger partial charge in [-0.25, -0.2) is 4.98 Å². The summed E-state index contributed by atoms with van der Waals surface area (Å²) in [5.74, 6) is 0.147. The van der Waals surface area contributed by atoms with E-state index in [1.54, 1.807) is 22.7 Å². The molecule has 2 heterocycles. The van der Waals surface area contributed by atoms with Crippen molar-refractivity contribution in [3.63, 3.8) is 0 Å². The highest BCUT2D eigenvalue weighted by atomic mass is 127. The Labute approximate surface area is 126 Å². The van der Waals surface area contributed by atoms with Crippen LogP contribution in [0.3, 0.4) is 0 Å². The van der Waals surface area contributed by atoms with Crippen molar-refractivity contribution in [1.82, 2.24) is 4.98 Å². The Morgan fingerprint density at radius 1 is 1.33 bits per heavy atom. The second-order valence-electron chi connectivity index (χ2n) is 3.81. The monoisotopic (exact) mass is 385 g/mol. The minimum Gasteiger partial charge on any atom is -0.294 e. The molecule has 18 heavy (non-hydrogen) atoms. The van der Waals surface area contributed by atoms with Gasteiger partial charge in [-0.15, -0.1) is 22.7 Å². The fourth-order valence-electron chi connectivity index (χ4n) is 1.69. The molecule has 0 aliphatic carbocycles. The van der Waals surface area contributed by atoms with Gasteiger partial charge in [-0.3, -0.25) is 4.79 Å². The van der Waals surface area contributed by atoms with Crippen LogP contribution in [-0.2, 0) is 6.42 Å². The molecule has 0 aliphatic rings. The number of ketones is 1. The molecule has 0 saturated carbocycles. The SMILES string of the molecule is O=C(Cc1nc2ccccc2s1)c1csc(I)c1. The third kappa shape index (κ3) is 2.48. The number of carbonyl (C=O) groups excluding carboxylic acids is 1. The lowest BCUT2D eigenvalue weighted by atomic mass is 10.2. The van der Waals surface area contributed by atoms with Crippen molar-refractivity contribution in [2.75, 3.05) is 0 Å². The lowest BCUT2D eigenvalue weighted by Crippen LogP contribution is -2.01. The summed E-state index contributed by atoms with van der Waals surface area (Å²) in [5, 5.41) is 2.81. The molecular formula is C13H8INOS2. The van der Waals surface area contributed by atoms with Crippen LogP contribution in [0.1, 0.15) is 15.4 Å². The highest BCUT2D eigenvalue weighted by molar-refractivity contribution is 14.1. The summed E-state index contributed by atoms with van der Waals surface area (Å²) in [4.78, 5) is 16.6. The molecular weight excluding hydrogens is 377 g/mol. The minimum atomic E-state index is 0.147. The van der Waals surface area contributed by atoms with Crippen LogP contribution in [0.2, 0.25) is 0 Å². The summed E-state index contributed by atoms with van der Waals surface area (Å²) in [6.07, 6.45) is 0.395. The van der Waals surface area contributed by atoms with Crippen LogP contribution in [0.15, 0.2) is 35.7 Å². The standard InChI is InChI=1S/C13H8INOS2/c14-12-5-8(7-17-12)10(16)6-13-15-9-3-1-2-4-11(9)18-13/h1-5,7H,6H2. The average Bonchev–Trinajstić information content (AvgIpc) is 2.94. The summed E-state index contributed by atoms with van der Waals surface area (Å²) in [6.45, 7) is 0.